The molecule has 98 valence electrons. The second kappa shape index (κ2) is 6.34. The van der Waals surface area contributed by atoms with Gasteiger partial charge in [-0.05, 0) is 25.7 Å². The topological polar surface area (TPSA) is 46.3 Å². The molecule has 2 heterocycles. The average molecular weight is 274 g/mol. The maximum Gasteiger partial charge on any atom is 0.236 e. The largest absolute Gasteiger partial charge is 0.342 e. The summed E-state index contributed by atoms with van der Waals surface area (Å²) in [5.41, 5.74) is 5.92. The van der Waals surface area contributed by atoms with Gasteiger partial charge in [0.1, 0.15) is 0 Å². The summed E-state index contributed by atoms with van der Waals surface area (Å²) in [6, 6.07) is 0.270. The van der Waals surface area contributed by atoms with Crippen LogP contribution in [0.4, 0.5) is 0 Å². The number of likely N-dealkylation sites (tertiary alicyclic amines) is 1. The lowest BCUT2D eigenvalue weighted by molar-refractivity contribution is -0.131. The Morgan fingerprint density at radius 1 is 1.35 bits per heavy atom. The molecule has 0 aromatic heterocycles. The summed E-state index contributed by atoms with van der Waals surface area (Å²) in [7, 11) is 0. The van der Waals surface area contributed by atoms with Gasteiger partial charge in [-0.2, -0.15) is 11.8 Å². The van der Waals surface area contributed by atoms with E-state index in [1.807, 2.05) is 23.5 Å². The first-order valence-corrected chi connectivity index (χ1v) is 8.62. The highest BCUT2D eigenvalue weighted by Crippen LogP contribution is 2.27. The van der Waals surface area contributed by atoms with Crippen molar-refractivity contribution in [3.05, 3.63) is 0 Å². The fourth-order valence-corrected chi connectivity index (χ4v) is 5.11. The molecule has 5 heteroatoms. The molecule has 0 aliphatic carbocycles. The molecular formula is C12H22N2OS2. The van der Waals surface area contributed by atoms with Crippen LogP contribution in [0.25, 0.3) is 0 Å². The van der Waals surface area contributed by atoms with Crippen LogP contribution >= 0.6 is 23.5 Å². The van der Waals surface area contributed by atoms with Crippen LogP contribution in [-0.4, -0.2) is 52.4 Å². The van der Waals surface area contributed by atoms with Gasteiger partial charge >= 0.3 is 0 Å². The molecule has 3 nitrogen and oxygen atoms in total. The van der Waals surface area contributed by atoms with Gasteiger partial charge in [0, 0.05) is 36.4 Å². The highest BCUT2D eigenvalue weighted by atomic mass is 32.2. The smallest absolute Gasteiger partial charge is 0.236 e. The number of hydrogen-bond donors (Lipinski definition) is 1. The van der Waals surface area contributed by atoms with Crippen LogP contribution < -0.4 is 5.73 Å². The molecule has 0 spiro atoms. The Labute approximate surface area is 112 Å². The van der Waals surface area contributed by atoms with Gasteiger partial charge in [0.05, 0.1) is 5.25 Å². The number of piperidine rings is 1. The van der Waals surface area contributed by atoms with E-state index in [0.29, 0.717) is 11.8 Å². The summed E-state index contributed by atoms with van der Waals surface area (Å²) in [6.45, 7) is 3.90. The van der Waals surface area contributed by atoms with E-state index >= 15 is 0 Å². The molecule has 2 aliphatic heterocycles. The summed E-state index contributed by atoms with van der Waals surface area (Å²) in [5.74, 6) is 4.28. The lowest BCUT2D eigenvalue weighted by Gasteiger charge is -2.36. The van der Waals surface area contributed by atoms with Crippen LogP contribution in [0, 0.1) is 5.92 Å². The highest BCUT2D eigenvalue weighted by Gasteiger charge is 2.30. The standard InChI is InChI=1S/C12H22N2OS2/c1-9(13)10-2-4-14(5-3-10)12(15)11-8-16-6-7-17-11/h9-11H,2-8,13H2,1H3. The molecule has 0 bridgehead atoms. The van der Waals surface area contributed by atoms with Crippen molar-refractivity contribution in [2.45, 2.75) is 31.1 Å². The van der Waals surface area contributed by atoms with E-state index in [2.05, 4.69) is 11.8 Å². The number of thioether (sulfide) groups is 2. The number of nitrogens with zero attached hydrogens (tertiary/aromatic N) is 1. The van der Waals surface area contributed by atoms with Gasteiger partial charge in [0.15, 0.2) is 0 Å². The fourth-order valence-electron chi connectivity index (χ4n) is 2.48. The minimum atomic E-state index is 0.209. The molecule has 0 saturated carbocycles. The van der Waals surface area contributed by atoms with Crippen LogP contribution in [0.3, 0.4) is 0 Å². The Balaban J connectivity index is 1.81. The van der Waals surface area contributed by atoms with Crippen molar-refractivity contribution in [3.8, 4) is 0 Å². The van der Waals surface area contributed by atoms with Crippen LogP contribution in [-0.2, 0) is 4.79 Å². The van der Waals surface area contributed by atoms with E-state index in [1.54, 1.807) is 0 Å². The van der Waals surface area contributed by atoms with Crippen molar-refractivity contribution in [1.82, 2.24) is 4.90 Å². The minimum absolute atomic E-state index is 0.209. The summed E-state index contributed by atoms with van der Waals surface area (Å²) in [5, 5.41) is 0.209. The van der Waals surface area contributed by atoms with E-state index in [-0.39, 0.29) is 11.3 Å². The number of carbonyl (C=O) groups excluding carboxylic acids is 1. The van der Waals surface area contributed by atoms with E-state index in [9.17, 15) is 4.79 Å². The molecule has 2 fully saturated rings. The SMILES string of the molecule is CC(N)C1CCN(C(=O)C2CSCCS2)CC1. The summed E-state index contributed by atoms with van der Waals surface area (Å²) in [6.07, 6.45) is 2.15. The van der Waals surface area contributed by atoms with Crippen molar-refractivity contribution in [2.75, 3.05) is 30.3 Å². The first-order chi connectivity index (χ1) is 8.18. The molecule has 0 aromatic rings. The monoisotopic (exact) mass is 274 g/mol. The van der Waals surface area contributed by atoms with Gasteiger partial charge in [-0.25, -0.2) is 0 Å². The molecular weight excluding hydrogens is 252 g/mol. The Kier molecular flexibility index (Phi) is 5.06. The predicted octanol–water partition coefficient (Wildman–Crippen LogP) is 1.42. The highest BCUT2D eigenvalue weighted by molar-refractivity contribution is 8.07. The van der Waals surface area contributed by atoms with Crippen LogP contribution in [0.1, 0.15) is 19.8 Å². The van der Waals surface area contributed by atoms with Gasteiger partial charge in [0.2, 0.25) is 5.91 Å². The molecule has 0 radical (unpaired) electrons. The normalized spacial score (nSPS) is 29.1. The van der Waals surface area contributed by atoms with Crippen molar-refractivity contribution in [3.63, 3.8) is 0 Å². The van der Waals surface area contributed by atoms with E-state index < -0.39 is 0 Å². The van der Waals surface area contributed by atoms with Gasteiger partial charge in [-0.3, -0.25) is 4.79 Å². The van der Waals surface area contributed by atoms with Crippen LogP contribution in [0.5, 0.6) is 0 Å². The Morgan fingerprint density at radius 2 is 2.06 bits per heavy atom. The quantitative estimate of drug-likeness (QED) is 0.827. The molecule has 2 rings (SSSR count). The van der Waals surface area contributed by atoms with Gasteiger partial charge in [-0.1, -0.05) is 0 Å². The first kappa shape index (κ1) is 13.6. The third kappa shape index (κ3) is 3.55. The lowest BCUT2D eigenvalue weighted by Crippen LogP contribution is -2.46. The Morgan fingerprint density at radius 3 is 2.59 bits per heavy atom. The molecule has 2 saturated heterocycles. The van der Waals surface area contributed by atoms with Gasteiger partial charge in [-0.15, -0.1) is 11.8 Å². The minimum Gasteiger partial charge on any atom is -0.342 e. The summed E-state index contributed by atoms with van der Waals surface area (Å²) in [4.78, 5) is 14.3. The molecule has 17 heavy (non-hydrogen) atoms. The predicted molar refractivity (Wildman–Crippen MR) is 76.5 cm³/mol. The average Bonchev–Trinajstić information content (AvgIpc) is 2.39. The van der Waals surface area contributed by atoms with Gasteiger partial charge in [0.25, 0.3) is 0 Å². The molecule has 2 aliphatic rings. The first-order valence-electron chi connectivity index (χ1n) is 6.42. The van der Waals surface area contributed by atoms with E-state index in [4.69, 9.17) is 5.73 Å². The van der Waals surface area contributed by atoms with Crippen molar-refractivity contribution < 1.29 is 4.79 Å². The maximum absolute atomic E-state index is 12.3. The summed E-state index contributed by atoms with van der Waals surface area (Å²) < 4.78 is 0. The van der Waals surface area contributed by atoms with Crippen LogP contribution in [0.15, 0.2) is 0 Å². The number of amides is 1. The zero-order valence-corrected chi connectivity index (χ0v) is 12.1. The number of nitrogens with two attached hydrogens (primary N) is 1. The Hall–Kier alpha value is 0.130. The number of carbonyl (C=O) groups is 1. The zero-order valence-electron chi connectivity index (χ0n) is 10.4. The molecule has 0 aromatic carbocycles. The number of rotatable bonds is 2. The third-order valence-electron chi connectivity index (χ3n) is 3.69. The number of hydrogen-bond acceptors (Lipinski definition) is 4. The fraction of sp³-hybridized carbons (Fsp3) is 0.917. The van der Waals surface area contributed by atoms with Crippen molar-refractivity contribution in [1.29, 1.82) is 0 Å². The van der Waals surface area contributed by atoms with Crippen molar-refractivity contribution >= 4 is 29.4 Å². The van der Waals surface area contributed by atoms with Crippen LogP contribution in [0.2, 0.25) is 0 Å². The van der Waals surface area contributed by atoms with Gasteiger partial charge < -0.3 is 10.6 Å². The third-order valence-corrected chi connectivity index (χ3v) is 6.43. The lowest BCUT2D eigenvalue weighted by atomic mass is 9.91. The van der Waals surface area contributed by atoms with E-state index in [1.165, 1.54) is 5.75 Å². The molecule has 2 N–H and O–H groups in total. The second-order valence-corrected chi connectivity index (χ2v) is 7.42. The molecule has 2 atom stereocenters. The molecule has 1 amide bonds. The maximum atomic E-state index is 12.3. The molecule has 2 unspecified atom stereocenters. The Bertz CT molecular complexity index is 259. The van der Waals surface area contributed by atoms with E-state index in [0.717, 1.165) is 37.4 Å². The summed E-state index contributed by atoms with van der Waals surface area (Å²) >= 11 is 3.75. The van der Waals surface area contributed by atoms with Crippen molar-refractivity contribution in [2.24, 2.45) is 11.7 Å². The zero-order chi connectivity index (χ0) is 12.3. The second-order valence-electron chi connectivity index (χ2n) is 4.96.